The molecule has 0 N–H and O–H groups in total. The second-order valence-corrected chi connectivity index (χ2v) is 8.67. The maximum absolute atomic E-state index is 12.9. The Morgan fingerprint density at radius 3 is 2.42 bits per heavy atom. The van der Waals surface area contributed by atoms with Gasteiger partial charge in [-0.15, -0.1) is 0 Å². The average Bonchev–Trinajstić information content (AvgIpc) is 3.12. The first-order valence-electron chi connectivity index (χ1n) is 11.9. The first-order chi connectivity index (χ1) is 16.1. The number of methoxy groups -OCH3 is 1. The molecule has 0 bridgehead atoms. The molecule has 0 unspecified atom stereocenters. The summed E-state index contributed by atoms with van der Waals surface area (Å²) in [6, 6.07) is 7.31. The molecule has 0 saturated carbocycles. The largest absolute Gasteiger partial charge is 0.496 e. The number of hydrogen-bond acceptors (Lipinski definition) is 7. The summed E-state index contributed by atoms with van der Waals surface area (Å²) < 4.78 is 10.7. The van der Waals surface area contributed by atoms with Crippen molar-refractivity contribution < 1.29 is 18.8 Å². The number of carbonyl (C=O) groups is 2. The molecule has 2 fully saturated rings. The lowest BCUT2D eigenvalue weighted by atomic mass is 10.1. The lowest BCUT2D eigenvalue weighted by molar-refractivity contribution is -0.131. The van der Waals surface area contributed by atoms with Gasteiger partial charge in [0.2, 0.25) is 11.8 Å². The second-order valence-electron chi connectivity index (χ2n) is 8.67. The number of hydrogen-bond donors (Lipinski definition) is 0. The van der Waals surface area contributed by atoms with Crippen LogP contribution in [-0.4, -0.2) is 83.0 Å². The molecule has 9 nitrogen and oxygen atoms in total. The highest BCUT2D eigenvalue weighted by Gasteiger charge is 2.25. The third-order valence-corrected chi connectivity index (χ3v) is 6.38. The van der Waals surface area contributed by atoms with Gasteiger partial charge in [-0.25, -0.2) is 0 Å². The van der Waals surface area contributed by atoms with Crippen molar-refractivity contribution in [3.8, 4) is 5.75 Å². The lowest BCUT2D eigenvalue weighted by Gasteiger charge is -2.34. The van der Waals surface area contributed by atoms with Gasteiger partial charge in [0, 0.05) is 52.1 Å². The number of amides is 2. The van der Waals surface area contributed by atoms with E-state index in [1.807, 2.05) is 21.9 Å². The first-order valence-corrected chi connectivity index (χ1v) is 11.9. The van der Waals surface area contributed by atoms with Crippen molar-refractivity contribution in [3.63, 3.8) is 0 Å². The fourth-order valence-electron chi connectivity index (χ4n) is 4.45. The first kappa shape index (κ1) is 23.2. The van der Waals surface area contributed by atoms with E-state index in [0.717, 1.165) is 39.0 Å². The van der Waals surface area contributed by atoms with Gasteiger partial charge >= 0.3 is 0 Å². The molecular formula is C24H33N5O4. The van der Waals surface area contributed by atoms with E-state index in [-0.39, 0.29) is 11.8 Å². The highest BCUT2D eigenvalue weighted by molar-refractivity contribution is 5.97. The highest BCUT2D eigenvalue weighted by Crippen LogP contribution is 2.20. The molecule has 0 spiro atoms. The van der Waals surface area contributed by atoms with Crippen LogP contribution >= 0.6 is 0 Å². The molecule has 0 atom stereocenters. The highest BCUT2D eigenvalue weighted by atomic mass is 16.5. The molecule has 2 aliphatic heterocycles. The Labute approximate surface area is 194 Å². The Balaban J connectivity index is 1.22. The van der Waals surface area contributed by atoms with Crippen molar-refractivity contribution in [2.75, 3.05) is 46.4 Å². The normalized spacial score (nSPS) is 17.6. The van der Waals surface area contributed by atoms with E-state index in [0.29, 0.717) is 55.5 Å². The predicted molar refractivity (Wildman–Crippen MR) is 122 cm³/mol. The Bertz CT molecular complexity index is 930. The van der Waals surface area contributed by atoms with E-state index in [4.69, 9.17) is 9.26 Å². The second kappa shape index (κ2) is 11.3. The van der Waals surface area contributed by atoms with Crippen molar-refractivity contribution in [1.82, 2.24) is 24.8 Å². The van der Waals surface area contributed by atoms with E-state index < -0.39 is 0 Å². The molecule has 3 heterocycles. The summed E-state index contributed by atoms with van der Waals surface area (Å²) in [4.78, 5) is 35.8. The topological polar surface area (TPSA) is 92.0 Å². The molecule has 4 rings (SSSR count). The van der Waals surface area contributed by atoms with E-state index in [1.165, 1.54) is 12.8 Å². The Morgan fingerprint density at radius 2 is 1.70 bits per heavy atom. The molecule has 2 amide bonds. The average molecular weight is 456 g/mol. The third-order valence-electron chi connectivity index (χ3n) is 6.38. The van der Waals surface area contributed by atoms with Crippen LogP contribution in [0, 0.1) is 0 Å². The third kappa shape index (κ3) is 6.10. The molecule has 33 heavy (non-hydrogen) atoms. The summed E-state index contributed by atoms with van der Waals surface area (Å²) in [5, 5.41) is 4.09. The van der Waals surface area contributed by atoms with Crippen molar-refractivity contribution >= 4 is 11.8 Å². The molecular weight excluding hydrogens is 422 g/mol. The van der Waals surface area contributed by atoms with Crippen LogP contribution in [0.4, 0.5) is 0 Å². The standard InChI is InChI=1S/C24H33N5O4/c1-32-20-9-5-4-8-19(20)24(31)29-16-14-27(15-17-29)18-21-25-22(33-26-21)10-11-23(30)28-12-6-2-3-7-13-28/h4-5,8-9H,2-3,6-7,10-18H2,1H3. The van der Waals surface area contributed by atoms with Gasteiger partial charge in [0.1, 0.15) is 5.75 Å². The summed E-state index contributed by atoms with van der Waals surface area (Å²) in [6.07, 6.45) is 5.48. The van der Waals surface area contributed by atoms with Crippen molar-refractivity contribution in [2.24, 2.45) is 0 Å². The number of aromatic nitrogens is 2. The number of aryl methyl sites for hydroxylation is 1. The fourth-order valence-corrected chi connectivity index (χ4v) is 4.45. The summed E-state index contributed by atoms with van der Waals surface area (Å²) in [5.74, 6) is 1.89. The maximum Gasteiger partial charge on any atom is 0.257 e. The molecule has 0 radical (unpaired) electrons. The van der Waals surface area contributed by atoms with Gasteiger partial charge in [0.25, 0.3) is 5.91 Å². The van der Waals surface area contributed by atoms with Crippen LogP contribution in [0.15, 0.2) is 28.8 Å². The molecule has 2 aliphatic rings. The number of para-hydroxylation sites is 1. The van der Waals surface area contributed by atoms with Gasteiger partial charge in [-0.3, -0.25) is 14.5 Å². The van der Waals surface area contributed by atoms with E-state index in [9.17, 15) is 9.59 Å². The van der Waals surface area contributed by atoms with Crippen LogP contribution in [0.1, 0.15) is 54.2 Å². The summed E-state index contributed by atoms with van der Waals surface area (Å²) in [5.41, 5.74) is 0.589. The molecule has 2 aromatic rings. The maximum atomic E-state index is 12.9. The molecule has 1 aromatic heterocycles. The van der Waals surface area contributed by atoms with Gasteiger partial charge in [-0.05, 0) is 25.0 Å². The van der Waals surface area contributed by atoms with Crippen LogP contribution in [0.5, 0.6) is 5.75 Å². The van der Waals surface area contributed by atoms with Gasteiger partial charge < -0.3 is 19.1 Å². The SMILES string of the molecule is COc1ccccc1C(=O)N1CCN(Cc2noc(CCC(=O)N3CCCCCC3)n2)CC1. The predicted octanol–water partition coefficient (Wildman–Crippen LogP) is 2.37. The van der Waals surface area contributed by atoms with E-state index in [2.05, 4.69) is 15.0 Å². The number of nitrogens with zero attached hydrogens (tertiary/aromatic N) is 5. The molecule has 0 aliphatic carbocycles. The Morgan fingerprint density at radius 1 is 0.970 bits per heavy atom. The number of ether oxygens (including phenoxy) is 1. The summed E-state index contributed by atoms with van der Waals surface area (Å²) >= 11 is 0. The zero-order valence-electron chi connectivity index (χ0n) is 19.4. The van der Waals surface area contributed by atoms with Gasteiger partial charge in [-0.2, -0.15) is 4.98 Å². The van der Waals surface area contributed by atoms with Crippen LogP contribution in [0.25, 0.3) is 0 Å². The van der Waals surface area contributed by atoms with Gasteiger partial charge in [0.15, 0.2) is 5.82 Å². The zero-order chi connectivity index (χ0) is 23.0. The quantitative estimate of drug-likeness (QED) is 0.633. The van der Waals surface area contributed by atoms with Crippen molar-refractivity contribution in [1.29, 1.82) is 0 Å². The Kier molecular flexibility index (Phi) is 7.93. The molecule has 9 heteroatoms. The minimum Gasteiger partial charge on any atom is -0.496 e. The number of piperazine rings is 1. The Hall–Kier alpha value is -2.94. The number of likely N-dealkylation sites (tertiary alicyclic amines) is 1. The molecule has 1 aromatic carbocycles. The fraction of sp³-hybridized carbons (Fsp3) is 0.583. The van der Waals surface area contributed by atoms with Crippen molar-refractivity contribution in [2.45, 2.75) is 45.1 Å². The lowest BCUT2D eigenvalue weighted by Crippen LogP contribution is -2.48. The van der Waals surface area contributed by atoms with Crippen LogP contribution in [-0.2, 0) is 17.8 Å². The smallest absolute Gasteiger partial charge is 0.257 e. The number of carbonyl (C=O) groups excluding carboxylic acids is 2. The summed E-state index contributed by atoms with van der Waals surface area (Å²) in [6.45, 7) is 5.02. The van der Waals surface area contributed by atoms with E-state index in [1.54, 1.807) is 19.2 Å². The number of benzene rings is 1. The zero-order valence-corrected chi connectivity index (χ0v) is 19.4. The monoisotopic (exact) mass is 455 g/mol. The minimum atomic E-state index is -0.0111. The van der Waals surface area contributed by atoms with Crippen LogP contribution in [0.3, 0.4) is 0 Å². The molecule has 2 saturated heterocycles. The van der Waals surface area contributed by atoms with Crippen LogP contribution < -0.4 is 4.74 Å². The van der Waals surface area contributed by atoms with Crippen molar-refractivity contribution in [3.05, 3.63) is 41.5 Å². The summed E-state index contributed by atoms with van der Waals surface area (Å²) in [7, 11) is 1.58. The molecule has 178 valence electrons. The van der Waals surface area contributed by atoms with E-state index >= 15 is 0 Å². The van der Waals surface area contributed by atoms with Gasteiger partial charge in [0.05, 0.1) is 19.2 Å². The van der Waals surface area contributed by atoms with Gasteiger partial charge in [-0.1, -0.05) is 30.1 Å². The minimum absolute atomic E-state index is 0.0111. The van der Waals surface area contributed by atoms with Crippen LogP contribution in [0.2, 0.25) is 0 Å². The number of rotatable bonds is 7.